The Morgan fingerprint density at radius 3 is 1.50 bits per heavy atom. The molecule has 0 fully saturated rings. The molecule has 0 atom stereocenters. The molecule has 0 spiro atoms. The Kier molecular flexibility index (Phi) is 4.09. The number of ether oxygens (including phenoxy) is 2. The van der Waals surface area contributed by atoms with E-state index in [0.717, 1.165) is 24.7 Å². The number of benzene rings is 1. The number of hydrogen-bond acceptors (Lipinski definition) is 4. The van der Waals surface area contributed by atoms with Gasteiger partial charge in [0.25, 0.3) is 0 Å². The van der Waals surface area contributed by atoms with Gasteiger partial charge in [0.1, 0.15) is 22.6 Å². The van der Waals surface area contributed by atoms with Crippen LogP contribution in [0.5, 0.6) is 11.5 Å². The van der Waals surface area contributed by atoms with Gasteiger partial charge in [0.15, 0.2) is 0 Å². The normalized spacial score (nSPS) is 9.33. The van der Waals surface area contributed by atoms with Crippen molar-refractivity contribution in [1.29, 1.82) is 0 Å². The third-order valence-corrected chi connectivity index (χ3v) is 1.96. The average Bonchev–Trinajstić information content (AvgIpc) is 2.30. The summed E-state index contributed by atoms with van der Waals surface area (Å²) in [5.74, 6) is -2.83. The molecule has 18 heavy (non-hydrogen) atoms. The topological polar surface area (TPSA) is 93.1 Å². The van der Waals surface area contributed by atoms with Crippen molar-refractivity contribution in [1.82, 2.24) is 0 Å². The van der Waals surface area contributed by atoms with Gasteiger partial charge >= 0.3 is 11.9 Å². The Bertz CT molecular complexity index is 470. The Balaban J connectivity index is 3.48. The van der Waals surface area contributed by atoms with Gasteiger partial charge in [-0.1, -0.05) is 13.2 Å². The molecule has 1 aromatic carbocycles. The van der Waals surface area contributed by atoms with E-state index in [1.165, 1.54) is 0 Å². The first kappa shape index (κ1) is 13.3. The van der Waals surface area contributed by atoms with E-state index in [-0.39, 0.29) is 22.6 Å². The highest BCUT2D eigenvalue weighted by atomic mass is 16.5. The van der Waals surface area contributed by atoms with Crippen molar-refractivity contribution in [3.8, 4) is 11.5 Å². The summed E-state index contributed by atoms with van der Waals surface area (Å²) in [6.07, 6.45) is 2.00. The van der Waals surface area contributed by atoms with Crippen LogP contribution in [0, 0.1) is 0 Å². The molecule has 0 heterocycles. The van der Waals surface area contributed by atoms with Crippen molar-refractivity contribution in [3.63, 3.8) is 0 Å². The maximum absolute atomic E-state index is 11.0. The molecular formula is C12H10O6. The van der Waals surface area contributed by atoms with Crippen molar-refractivity contribution >= 4 is 11.9 Å². The summed E-state index contributed by atoms with van der Waals surface area (Å²) in [6, 6.07) is 2.10. The van der Waals surface area contributed by atoms with E-state index < -0.39 is 11.9 Å². The van der Waals surface area contributed by atoms with Gasteiger partial charge < -0.3 is 19.7 Å². The zero-order valence-electron chi connectivity index (χ0n) is 9.25. The Labute approximate surface area is 102 Å². The molecule has 0 radical (unpaired) electrons. The molecule has 0 amide bonds. The van der Waals surface area contributed by atoms with Gasteiger partial charge in [-0.05, 0) is 12.1 Å². The minimum Gasteiger partial charge on any atom is -0.478 e. The quantitative estimate of drug-likeness (QED) is 0.751. The van der Waals surface area contributed by atoms with E-state index in [4.69, 9.17) is 19.7 Å². The molecule has 0 bridgehead atoms. The minimum atomic E-state index is -1.28. The Morgan fingerprint density at radius 1 is 0.944 bits per heavy atom. The van der Waals surface area contributed by atoms with Crippen LogP contribution in [0.15, 0.2) is 37.8 Å². The highest BCUT2D eigenvalue weighted by Crippen LogP contribution is 2.29. The van der Waals surface area contributed by atoms with Crippen molar-refractivity contribution in [2.45, 2.75) is 0 Å². The molecule has 2 N–H and O–H groups in total. The lowest BCUT2D eigenvalue weighted by atomic mass is 10.1. The largest absolute Gasteiger partial charge is 0.478 e. The van der Waals surface area contributed by atoms with Crippen LogP contribution in [-0.2, 0) is 0 Å². The van der Waals surface area contributed by atoms with Gasteiger partial charge in [-0.25, -0.2) is 9.59 Å². The van der Waals surface area contributed by atoms with E-state index in [1.807, 2.05) is 0 Å². The summed E-state index contributed by atoms with van der Waals surface area (Å²) in [6.45, 7) is 6.56. The highest BCUT2D eigenvalue weighted by Gasteiger charge is 2.20. The summed E-state index contributed by atoms with van der Waals surface area (Å²) < 4.78 is 9.72. The van der Waals surface area contributed by atoms with Crippen LogP contribution in [0.4, 0.5) is 0 Å². The van der Waals surface area contributed by atoms with E-state index in [1.54, 1.807) is 0 Å². The van der Waals surface area contributed by atoms with Crippen LogP contribution in [0.2, 0.25) is 0 Å². The molecule has 0 aliphatic rings. The molecule has 6 nitrogen and oxygen atoms in total. The van der Waals surface area contributed by atoms with Crippen LogP contribution >= 0.6 is 0 Å². The first-order valence-corrected chi connectivity index (χ1v) is 4.71. The fraction of sp³-hybridized carbons (Fsp3) is 0. The van der Waals surface area contributed by atoms with E-state index >= 15 is 0 Å². The van der Waals surface area contributed by atoms with Gasteiger partial charge in [-0.2, -0.15) is 0 Å². The van der Waals surface area contributed by atoms with Gasteiger partial charge in [0.2, 0.25) is 0 Å². The number of rotatable bonds is 6. The first-order valence-electron chi connectivity index (χ1n) is 4.71. The monoisotopic (exact) mass is 250 g/mol. The number of carboxylic acid groups (broad SMARTS) is 2. The predicted molar refractivity (Wildman–Crippen MR) is 62.0 cm³/mol. The van der Waals surface area contributed by atoms with Crippen molar-refractivity contribution in [2.75, 3.05) is 0 Å². The highest BCUT2D eigenvalue weighted by molar-refractivity contribution is 5.97. The molecule has 0 aliphatic heterocycles. The summed E-state index contributed by atoms with van der Waals surface area (Å²) in [5.41, 5.74) is -0.478. The SMILES string of the molecule is C=COc1cc(C(=O)O)c(OC=C)cc1C(=O)O. The van der Waals surface area contributed by atoms with Crippen LogP contribution < -0.4 is 9.47 Å². The van der Waals surface area contributed by atoms with Crippen molar-refractivity contribution in [2.24, 2.45) is 0 Å². The fourth-order valence-corrected chi connectivity index (χ4v) is 1.27. The van der Waals surface area contributed by atoms with E-state index in [2.05, 4.69) is 13.2 Å². The fourth-order valence-electron chi connectivity index (χ4n) is 1.27. The molecular weight excluding hydrogens is 240 g/mol. The summed E-state index contributed by atoms with van der Waals surface area (Å²) in [4.78, 5) is 22.0. The summed E-state index contributed by atoms with van der Waals surface area (Å²) in [7, 11) is 0. The third-order valence-electron chi connectivity index (χ3n) is 1.96. The zero-order chi connectivity index (χ0) is 13.7. The maximum atomic E-state index is 11.0. The van der Waals surface area contributed by atoms with E-state index in [0.29, 0.717) is 0 Å². The molecule has 0 unspecified atom stereocenters. The molecule has 94 valence electrons. The average molecular weight is 250 g/mol. The predicted octanol–water partition coefficient (Wildman–Crippen LogP) is 2.13. The van der Waals surface area contributed by atoms with Gasteiger partial charge in [-0.3, -0.25) is 0 Å². The molecule has 1 aromatic rings. The lowest BCUT2D eigenvalue weighted by Gasteiger charge is -2.10. The second kappa shape index (κ2) is 5.53. The second-order valence-electron chi connectivity index (χ2n) is 3.02. The van der Waals surface area contributed by atoms with Gasteiger partial charge in [0.05, 0.1) is 12.5 Å². The first-order chi connectivity index (χ1) is 8.51. The zero-order valence-corrected chi connectivity index (χ0v) is 9.25. The van der Waals surface area contributed by atoms with Crippen LogP contribution in [-0.4, -0.2) is 22.2 Å². The maximum Gasteiger partial charge on any atom is 0.339 e. The molecule has 1 rings (SSSR count). The minimum absolute atomic E-state index is 0.133. The Hall–Kier alpha value is -2.76. The molecule has 0 aromatic heterocycles. The molecule has 0 aliphatic carbocycles. The standard InChI is InChI=1S/C12H10O6/c1-3-17-9-5-8(12(15)16)10(18-4-2)6-7(9)11(13)14/h3-6H,1-2H2,(H,13,14)(H,15,16). The van der Waals surface area contributed by atoms with Crippen molar-refractivity contribution < 1.29 is 29.3 Å². The van der Waals surface area contributed by atoms with Crippen LogP contribution in [0.1, 0.15) is 20.7 Å². The van der Waals surface area contributed by atoms with Crippen molar-refractivity contribution in [3.05, 3.63) is 48.9 Å². The smallest absolute Gasteiger partial charge is 0.339 e. The third kappa shape index (κ3) is 2.67. The summed E-state index contributed by atoms with van der Waals surface area (Å²) >= 11 is 0. The lowest BCUT2D eigenvalue weighted by molar-refractivity contribution is 0.0676. The molecule has 0 saturated heterocycles. The Morgan fingerprint density at radius 2 is 1.28 bits per heavy atom. The number of carboxylic acids is 2. The number of aromatic carboxylic acids is 2. The molecule has 0 saturated carbocycles. The number of carbonyl (C=O) groups is 2. The number of hydrogen-bond donors (Lipinski definition) is 2. The molecule has 6 heteroatoms. The van der Waals surface area contributed by atoms with Crippen LogP contribution in [0.3, 0.4) is 0 Å². The van der Waals surface area contributed by atoms with Gasteiger partial charge in [0, 0.05) is 0 Å². The lowest BCUT2D eigenvalue weighted by Crippen LogP contribution is -2.06. The second-order valence-corrected chi connectivity index (χ2v) is 3.02. The van der Waals surface area contributed by atoms with Gasteiger partial charge in [-0.15, -0.1) is 0 Å². The van der Waals surface area contributed by atoms with E-state index in [9.17, 15) is 9.59 Å². The van der Waals surface area contributed by atoms with Crippen LogP contribution in [0.25, 0.3) is 0 Å². The summed E-state index contributed by atoms with van der Waals surface area (Å²) in [5, 5.41) is 17.9.